The van der Waals surface area contributed by atoms with Gasteiger partial charge in [-0.3, -0.25) is 0 Å². The second-order valence-corrected chi connectivity index (χ2v) is 4.75. The summed E-state index contributed by atoms with van der Waals surface area (Å²) in [4.78, 5) is 0. The van der Waals surface area contributed by atoms with Crippen LogP contribution in [0.2, 0.25) is 5.02 Å². The van der Waals surface area contributed by atoms with Crippen molar-refractivity contribution in [3.8, 4) is 6.07 Å². The number of nitriles is 1. The Morgan fingerprint density at radius 2 is 2.30 bits per heavy atom. The molecule has 1 atom stereocenters. The summed E-state index contributed by atoms with van der Waals surface area (Å²) in [6, 6.07) is 5.12. The molecule has 1 aromatic carbocycles. The molecule has 0 bridgehead atoms. The van der Waals surface area contributed by atoms with Crippen molar-refractivity contribution in [1.29, 1.82) is 5.26 Å². The van der Waals surface area contributed by atoms with Crippen molar-refractivity contribution >= 4 is 17.3 Å². The highest BCUT2D eigenvalue weighted by Crippen LogP contribution is 2.27. The lowest BCUT2D eigenvalue weighted by atomic mass is 10.0. The zero-order chi connectivity index (χ0) is 15.0. The van der Waals surface area contributed by atoms with Gasteiger partial charge in [-0.1, -0.05) is 11.6 Å². The Morgan fingerprint density at radius 1 is 1.55 bits per heavy atom. The fourth-order valence-electron chi connectivity index (χ4n) is 1.72. The SMILES string of the molecule is CCOCCCNCC(O)c1cc(Cl)c(N)c(C#N)c1. The molecule has 0 aliphatic rings. The molecule has 0 fully saturated rings. The molecule has 20 heavy (non-hydrogen) atoms. The van der Waals surface area contributed by atoms with E-state index in [0.717, 1.165) is 13.0 Å². The van der Waals surface area contributed by atoms with Crippen LogP contribution < -0.4 is 11.1 Å². The quantitative estimate of drug-likeness (QED) is 0.503. The first kappa shape index (κ1) is 16.7. The minimum atomic E-state index is -0.729. The standard InChI is InChI=1S/C14H20ClN3O2/c1-2-20-5-3-4-18-9-13(19)10-6-11(8-16)14(17)12(15)7-10/h6-7,13,18-19H,2-5,9,17H2,1H3. The highest BCUT2D eigenvalue weighted by atomic mass is 35.5. The molecule has 4 N–H and O–H groups in total. The Morgan fingerprint density at radius 3 is 2.95 bits per heavy atom. The van der Waals surface area contributed by atoms with Gasteiger partial charge >= 0.3 is 0 Å². The van der Waals surface area contributed by atoms with Crippen LogP contribution in [0.5, 0.6) is 0 Å². The summed E-state index contributed by atoms with van der Waals surface area (Å²) < 4.78 is 5.21. The van der Waals surface area contributed by atoms with Crippen LogP contribution in [0.1, 0.15) is 30.6 Å². The van der Waals surface area contributed by atoms with Crippen LogP contribution in [-0.2, 0) is 4.74 Å². The number of benzene rings is 1. The maximum absolute atomic E-state index is 10.1. The number of nitrogens with zero attached hydrogens (tertiary/aromatic N) is 1. The molecule has 1 unspecified atom stereocenters. The van der Waals surface area contributed by atoms with Gasteiger partial charge in [0.15, 0.2) is 0 Å². The van der Waals surface area contributed by atoms with E-state index in [2.05, 4.69) is 5.32 Å². The maximum atomic E-state index is 10.1. The molecule has 0 spiro atoms. The Labute approximate surface area is 124 Å². The molecule has 0 saturated carbocycles. The summed E-state index contributed by atoms with van der Waals surface area (Å²) in [5.74, 6) is 0. The number of hydrogen-bond acceptors (Lipinski definition) is 5. The van der Waals surface area contributed by atoms with E-state index < -0.39 is 6.10 Å². The van der Waals surface area contributed by atoms with Gasteiger partial charge in [-0.2, -0.15) is 5.26 Å². The molecular formula is C14H20ClN3O2. The molecule has 0 saturated heterocycles. The summed E-state index contributed by atoms with van der Waals surface area (Å²) in [6.07, 6.45) is 0.152. The molecule has 0 aliphatic heterocycles. The van der Waals surface area contributed by atoms with E-state index in [-0.39, 0.29) is 16.3 Å². The number of aliphatic hydroxyl groups is 1. The van der Waals surface area contributed by atoms with E-state index in [1.54, 1.807) is 12.1 Å². The fraction of sp³-hybridized carbons (Fsp3) is 0.500. The van der Waals surface area contributed by atoms with Crippen molar-refractivity contribution in [2.24, 2.45) is 0 Å². The summed E-state index contributed by atoms with van der Waals surface area (Å²) in [7, 11) is 0. The van der Waals surface area contributed by atoms with Crippen molar-refractivity contribution in [2.45, 2.75) is 19.4 Å². The monoisotopic (exact) mass is 297 g/mol. The smallest absolute Gasteiger partial charge is 0.101 e. The second kappa shape index (κ2) is 8.77. The van der Waals surface area contributed by atoms with Crippen LogP contribution in [0.4, 0.5) is 5.69 Å². The molecule has 1 aromatic rings. The number of aliphatic hydroxyl groups excluding tert-OH is 1. The van der Waals surface area contributed by atoms with Crippen molar-refractivity contribution in [1.82, 2.24) is 5.32 Å². The van der Waals surface area contributed by atoms with Gasteiger partial charge in [0.2, 0.25) is 0 Å². The minimum absolute atomic E-state index is 0.245. The Balaban J connectivity index is 2.50. The summed E-state index contributed by atoms with van der Waals surface area (Å²) in [6.45, 7) is 4.51. The predicted octanol–water partition coefficient (Wildman–Crippen LogP) is 1.84. The maximum Gasteiger partial charge on any atom is 0.101 e. The van der Waals surface area contributed by atoms with Crippen LogP contribution in [0.3, 0.4) is 0 Å². The normalized spacial score (nSPS) is 12.1. The molecule has 0 amide bonds. The molecule has 0 heterocycles. The van der Waals surface area contributed by atoms with Crippen LogP contribution in [0.15, 0.2) is 12.1 Å². The largest absolute Gasteiger partial charge is 0.396 e. The number of nitrogens with one attached hydrogen (secondary N) is 1. The molecular weight excluding hydrogens is 278 g/mol. The summed E-state index contributed by atoms with van der Waals surface area (Å²) in [5.41, 5.74) is 6.77. The van der Waals surface area contributed by atoms with Gasteiger partial charge in [-0.25, -0.2) is 0 Å². The first-order chi connectivity index (χ1) is 9.60. The van der Waals surface area contributed by atoms with Crippen LogP contribution in [0, 0.1) is 11.3 Å². The number of halogens is 1. The van der Waals surface area contributed by atoms with Gasteiger partial charge in [0.25, 0.3) is 0 Å². The van der Waals surface area contributed by atoms with E-state index in [0.29, 0.717) is 25.3 Å². The van der Waals surface area contributed by atoms with Gasteiger partial charge in [0.05, 0.1) is 22.4 Å². The van der Waals surface area contributed by atoms with Crippen molar-refractivity contribution in [3.63, 3.8) is 0 Å². The van der Waals surface area contributed by atoms with Gasteiger partial charge in [0.1, 0.15) is 6.07 Å². The highest BCUT2D eigenvalue weighted by Gasteiger charge is 2.12. The lowest BCUT2D eigenvalue weighted by Gasteiger charge is -2.14. The van der Waals surface area contributed by atoms with E-state index in [4.69, 9.17) is 27.3 Å². The molecule has 6 heteroatoms. The third-order valence-corrected chi connectivity index (χ3v) is 3.15. The predicted molar refractivity (Wildman–Crippen MR) is 79.5 cm³/mol. The summed E-state index contributed by atoms with van der Waals surface area (Å²) >= 11 is 5.94. The average molecular weight is 298 g/mol. The number of nitrogen functional groups attached to an aromatic ring is 1. The zero-order valence-electron chi connectivity index (χ0n) is 11.5. The van der Waals surface area contributed by atoms with Crippen LogP contribution in [-0.4, -0.2) is 31.4 Å². The Kier molecular flexibility index (Phi) is 7.34. The van der Waals surface area contributed by atoms with Gasteiger partial charge < -0.3 is 20.9 Å². The third-order valence-electron chi connectivity index (χ3n) is 2.84. The Bertz CT molecular complexity index is 474. The van der Waals surface area contributed by atoms with Gasteiger partial charge in [0, 0.05) is 19.8 Å². The number of nitrogens with two attached hydrogens (primary N) is 1. The number of rotatable bonds is 8. The minimum Gasteiger partial charge on any atom is -0.396 e. The first-order valence-electron chi connectivity index (χ1n) is 6.55. The zero-order valence-corrected chi connectivity index (χ0v) is 12.3. The fourth-order valence-corrected chi connectivity index (χ4v) is 1.95. The molecule has 0 aromatic heterocycles. The van der Waals surface area contributed by atoms with Gasteiger partial charge in [-0.15, -0.1) is 0 Å². The molecule has 1 rings (SSSR count). The molecule has 0 aliphatic carbocycles. The second-order valence-electron chi connectivity index (χ2n) is 4.35. The van der Waals surface area contributed by atoms with E-state index in [1.807, 2.05) is 13.0 Å². The average Bonchev–Trinajstić information content (AvgIpc) is 2.45. The Hall–Kier alpha value is -1.32. The lowest BCUT2D eigenvalue weighted by molar-refractivity contribution is 0.141. The third kappa shape index (κ3) is 4.99. The van der Waals surface area contributed by atoms with E-state index in [1.165, 1.54) is 0 Å². The first-order valence-corrected chi connectivity index (χ1v) is 6.93. The van der Waals surface area contributed by atoms with E-state index in [9.17, 15) is 5.11 Å². The van der Waals surface area contributed by atoms with Crippen molar-refractivity contribution in [3.05, 3.63) is 28.3 Å². The van der Waals surface area contributed by atoms with Crippen LogP contribution in [0.25, 0.3) is 0 Å². The number of ether oxygens (including phenoxy) is 1. The highest BCUT2D eigenvalue weighted by molar-refractivity contribution is 6.33. The topological polar surface area (TPSA) is 91.3 Å². The van der Waals surface area contributed by atoms with Crippen molar-refractivity contribution < 1.29 is 9.84 Å². The van der Waals surface area contributed by atoms with Gasteiger partial charge in [-0.05, 0) is 37.6 Å². The van der Waals surface area contributed by atoms with Crippen molar-refractivity contribution in [2.75, 3.05) is 32.0 Å². The lowest BCUT2D eigenvalue weighted by Crippen LogP contribution is -2.23. The number of hydrogen-bond donors (Lipinski definition) is 3. The molecule has 5 nitrogen and oxygen atoms in total. The number of anilines is 1. The summed E-state index contributed by atoms with van der Waals surface area (Å²) in [5, 5.41) is 22.4. The molecule has 0 radical (unpaired) electrons. The van der Waals surface area contributed by atoms with E-state index >= 15 is 0 Å². The molecule has 110 valence electrons. The van der Waals surface area contributed by atoms with Crippen LogP contribution >= 0.6 is 11.6 Å².